The van der Waals surface area contributed by atoms with Crippen molar-refractivity contribution >= 4 is 38.9 Å². The van der Waals surface area contributed by atoms with Crippen molar-refractivity contribution in [2.75, 3.05) is 0 Å². The van der Waals surface area contributed by atoms with Gasteiger partial charge in [0.15, 0.2) is 0 Å². The summed E-state index contributed by atoms with van der Waals surface area (Å²) in [5, 5.41) is 10.1. The number of alkyl halides is 3. The van der Waals surface area contributed by atoms with Gasteiger partial charge in [0, 0.05) is 9.35 Å². The van der Waals surface area contributed by atoms with Crippen LogP contribution in [0, 0.1) is 0 Å². The second-order valence-corrected chi connectivity index (χ2v) is 6.33. The van der Waals surface area contributed by atoms with E-state index in [0.29, 0.717) is 19.2 Å². The van der Waals surface area contributed by atoms with Crippen LogP contribution in [0.3, 0.4) is 0 Å². The van der Waals surface area contributed by atoms with Crippen LogP contribution in [0.2, 0.25) is 4.34 Å². The average molecular weight is 372 g/mol. The number of aliphatic hydroxyl groups excluding tert-OH is 1. The van der Waals surface area contributed by atoms with Crippen molar-refractivity contribution in [2.45, 2.75) is 12.3 Å². The van der Waals surface area contributed by atoms with Gasteiger partial charge in [0.2, 0.25) is 0 Å². The molecule has 0 saturated carbocycles. The van der Waals surface area contributed by atoms with E-state index in [9.17, 15) is 18.3 Å². The van der Waals surface area contributed by atoms with Gasteiger partial charge in [-0.25, -0.2) is 0 Å². The molecular formula is C12H7BrClF3OS. The number of hydrogen-bond donors (Lipinski definition) is 1. The first-order chi connectivity index (χ1) is 8.79. The Morgan fingerprint density at radius 2 is 1.79 bits per heavy atom. The minimum atomic E-state index is -4.38. The zero-order valence-electron chi connectivity index (χ0n) is 9.21. The summed E-state index contributed by atoms with van der Waals surface area (Å²) >= 11 is 10.2. The van der Waals surface area contributed by atoms with E-state index < -0.39 is 17.8 Å². The van der Waals surface area contributed by atoms with Crippen LogP contribution in [0.5, 0.6) is 0 Å². The minimum absolute atomic E-state index is 0.387. The zero-order valence-corrected chi connectivity index (χ0v) is 12.4. The number of hydrogen-bond acceptors (Lipinski definition) is 2. The van der Waals surface area contributed by atoms with Crippen LogP contribution in [0.15, 0.2) is 34.8 Å². The fourth-order valence-corrected chi connectivity index (χ4v) is 3.27. The highest BCUT2D eigenvalue weighted by atomic mass is 79.9. The summed E-state index contributed by atoms with van der Waals surface area (Å²) in [6, 6.07) is 6.06. The smallest absolute Gasteiger partial charge is 0.383 e. The van der Waals surface area contributed by atoms with Gasteiger partial charge in [0.25, 0.3) is 0 Å². The molecule has 102 valence electrons. The molecule has 0 spiro atoms. The summed E-state index contributed by atoms with van der Waals surface area (Å²) in [7, 11) is 0. The van der Waals surface area contributed by atoms with Gasteiger partial charge >= 0.3 is 6.18 Å². The van der Waals surface area contributed by atoms with Crippen LogP contribution < -0.4 is 0 Å². The molecule has 1 unspecified atom stereocenters. The van der Waals surface area contributed by atoms with E-state index >= 15 is 0 Å². The van der Waals surface area contributed by atoms with Crippen LogP contribution in [0.25, 0.3) is 0 Å². The quantitative estimate of drug-likeness (QED) is 0.763. The lowest BCUT2D eigenvalue weighted by Crippen LogP contribution is -2.05. The SMILES string of the molecule is OC(c1ccc(C(F)(F)F)cc1)c1cc(Br)c(Cl)s1. The third-order valence-corrected chi connectivity index (χ3v) is 5.01. The molecule has 1 nitrogen and oxygen atoms in total. The van der Waals surface area contributed by atoms with E-state index in [1.165, 1.54) is 23.5 Å². The summed E-state index contributed by atoms with van der Waals surface area (Å²) < 4.78 is 38.4. The van der Waals surface area contributed by atoms with Gasteiger partial charge in [-0.05, 0) is 39.7 Å². The molecule has 1 aromatic carbocycles. The topological polar surface area (TPSA) is 20.2 Å². The molecule has 1 N–H and O–H groups in total. The number of benzene rings is 1. The summed E-state index contributed by atoms with van der Waals surface area (Å²) in [4.78, 5) is 0.566. The molecule has 0 bridgehead atoms. The molecule has 1 aromatic heterocycles. The molecule has 0 amide bonds. The van der Waals surface area contributed by atoms with Crippen molar-refractivity contribution in [1.29, 1.82) is 0 Å². The lowest BCUT2D eigenvalue weighted by Gasteiger charge is -2.11. The summed E-state index contributed by atoms with van der Waals surface area (Å²) in [6.45, 7) is 0. The molecule has 1 atom stereocenters. The lowest BCUT2D eigenvalue weighted by atomic mass is 10.1. The van der Waals surface area contributed by atoms with E-state index in [1.54, 1.807) is 6.07 Å². The fourth-order valence-electron chi connectivity index (χ4n) is 1.52. The van der Waals surface area contributed by atoms with E-state index in [2.05, 4.69) is 15.9 Å². The first-order valence-corrected chi connectivity index (χ1v) is 7.07. The zero-order chi connectivity index (χ0) is 14.2. The normalized spacial score (nSPS) is 13.6. The van der Waals surface area contributed by atoms with Crippen molar-refractivity contribution in [3.8, 4) is 0 Å². The molecule has 0 aliphatic heterocycles. The maximum atomic E-state index is 12.4. The van der Waals surface area contributed by atoms with Crippen molar-refractivity contribution in [3.63, 3.8) is 0 Å². The molecule has 0 fully saturated rings. The molecular weight excluding hydrogens is 365 g/mol. The van der Waals surface area contributed by atoms with E-state index in [0.717, 1.165) is 12.1 Å². The summed E-state index contributed by atoms with van der Waals surface area (Å²) in [6.07, 6.45) is -5.37. The largest absolute Gasteiger partial charge is 0.416 e. The first kappa shape index (κ1) is 14.8. The molecule has 0 radical (unpaired) electrons. The summed E-state index contributed by atoms with van der Waals surface area (Å²) in [5.74, 6) is 0. The Morgan fingerprint density at radius 3 is 2.21 bits per heavy atom. The number of aliphatic hydroxyl groups is 1. The van der Waals surface area contributed by atoms with Crippen LogP contribution in [-0.2, 0) is 6.18 Å². The standard InChI is InChI=1S/C12H7BrClF3OS/c13-8-5-9(19-11(8)14)10(18)6-1-3-7(4-2-6)12(15,16)17/h1-5,10,18H. The van der Waals surface area contributed by atoms with Gasteiger partial charge in [-0.3, -0.25) is 0 Å². The molecule has 2 aromatic rings. The van der Waals surface area contributed by atoms with Crippen molar-refractivity contribution in [3.05, 3.63) is 55.1 Å². The van der Waals surface area contributed by atoms with Gasteiger partial charge in [-0.15, -0.1) is 11.3 Å². The molecule has 19 heavy (non-hydrogen) atoms. The first-order valence-electron chi connectivity index (χ1n) is 5.09. The Balaban J connectivity index is 2.27. The highest BCUT2D eigenvalue weighted by Crippen LogP contribution is 2.38. The van der Waals surface area contributed by atoms with Gasteiger partial charge < -0.3 is 5.11 Å². The van der Waals surface area contributed by atoms with Crippen LogP contribution in [0.4, 0.5) is 13.2 Å². The Labute approximate surface area is 124 Å². The highest BCUT2D eigenvalue weighted by Gasteiger charge is 2.30. The molecule has 7 heteroatoms. The number of thiophene rings is 1. The van der Waals surface area contributed by atoms with Crippen LogP contribution in [-0.4, -0.2) is 5.11 Å². The predicted octanol–water partition coefficient (Wildman–Crippen LogP) is 5.26. The number of halogens is 5. The average Bonchev–Trinajstić information content (AvgIpc) is 2.68. The van der Waals surface area contributed by atoms with Gasteiger partial charge in [0.05, 0.1) is 5.56 Å². The maximum absolute atomic E-state index is 12.4. The van der Waals surface area contributed by atoms with Gasteiger partial charge in [-0.2, -0.15) is 13.2 Å². The predicted molar refractivity (Wildman–Crippen MR) is 72.5 cm³/mol. The highest BCUT2D eigenvalue weighted by molar-refractivity contribution is 9.10. The van der Waals surface area contributed by atoms with Gasteiger partial charge in [0.1, 0.15) is 10.4 Å². The third-order valence-electron chi connectivity index (χ3n) is 2.49. The summed E-state index contributed by atoms with van der Waals surface area (Å²) in [5.41, 5.74) is -0.354. The van der Waals surface area contributed by atoms with Gasteiger partial charge in [-0.1, -0.05) is 23.7 Å². The Morgan fingerprint density at radius 1 is 1.21 bits per heavy atom. The molecule has 0 aliphatic carbocycles. The van der Waals surface area contributed by atoms with Crippen molar-refractivity contribution in [2.24, 2.45) is 0 Å². The Hall–Kier alpha value is -0.560. The van der Waals surface area contributed by atoms with Crippen molar-refractivity contribution < 1.29 is 18.3 Å². The maximum Gasteiger partial charge on any atom is 0.416 e. The van der Waals surface area contributed by atoms with Crippen LogP contribution >= 0.6 is 38.9 Å². The second-order valence-electron chi connectivity index (χ2n) is 3.79. The number of rotatable bonds is 2. The fraction of sp³-hybridized carbons (Fsp3) is 0.167. The lowest BCUT2D eigenvalue weighted by molar-refractivity contribution is -0.137. The third kappa shape index (κ3) is 3.31. The van der Waals surface area contributed by atoms with Crippen LogP contribution in [0.1, 0.15) is 22.1 Å². The van der Waals surface area contributed by atoms with Crippen molar-refractivity contribution in [1.82, 2.24) is 0 Å². The molecule has 0 saturated heterocycles. The Bertz CT molecular complexity index is 560. The molecule has 1 heterocycles. The van der Waals surface area contributed by atoms with E-state index in [4.69, 9.17) is 11.6 Å². The molecule has 2 rings (SSSR count). The molecule has 0 aliphatic rings. The van der Waals surface area contributed by atoms with E-state index in [-0.39, 0.29) is 0 Å². The second kappa shape index (κ2) is 5.44. The minimum Gasteiger partial charge on any atom is -0.383 e. The Kier molecular flexibility index (Phi) is 4.25. The van der Waals surface area contributed by atoms with E-state index in [1.807, 2.05) is 0 Å². The monoisotopic (exact) mass is 370 g/mol.